The smallest absolute Gasteiger partial charge is 0.326 e. The molecule has 0 N–H and O–H groups in total. The first-order valence-corrected chi connectivity index (χ1v) is 11.6. The molecule has 0 unspecified atom stereocenters. The lowest BCUT2D eigenvalue weighted by molar-refractivity contribution is -0.384. The molecule has 1 fully saturated rings. The molecule has 1 heterocycles. The summed E-state index contributed by atoms with van der Waals surface area (Å²) < 4.78 is 38.7. The molecule has 3 atom stereocenters. The molecule has 0 saturated carbocycles. The van der Waals surface area contributed by atoms with Crippen LogP contribution in [0.5, 0.6) is 0 Å². The maximum atomic E-state index is 13.4. The molecular formula is C20H21BrN2O7S. The molecule has 0 amide bonds. The minimum absolute atomic E-state index is 0.142. The van der Waals surface area contributed by atoms with Gasteiger partial charge in [0.25, 0.3) is 5.69 Å². The second-order valence-corrected chi connectivity index (χ2v) is 10.0. The highest BCUT2D eigenvalue weighted by molar-refractivity contribution is 9.09. The highest BCUT2D eigenvalue weighted by atomic mass is 79.9. The van der Waals surface area contributed by atoms with Crippen molar-refractivity contribution in [3.05, 3.63) is 70.3 Å². The molecule has 11 heteroatoms. The number of nitro benzene ring substituents is 1. The number of carbonyl (C=O) groups is 1. The van der Waals surface area contributed by atoms with E-state index in [4.69, 9.17) is 9.47 Å². The van der Waals surface area contributed by atoms with Crippen LogP contribution in [0.1, 0.15) is 17.3 Å². The SMILES string of the molecule is COC(=O)[C@@H]1CO[C@@](C)([C@@H](Br)c2ccccc2)CN1S(=O)(=O)c1ccc([N+](=O)[O-])cc1. The fraction of sp³-hybridized carbons (Fsp3) is 0.350. The molecule has 9 nitrogen and oxygen atoms in total. The summed E-state index contributed by atoms with van der Waals surface area (Å²) in [7, 11) is -3.02. The quantitative estimate of drug-likeness (QED) is 0.252. The fourth-order valence-corrected chi connectivity index (χ4v) is 5.64. The van der Waals surface area contributed by atoms with E-state index in [-0.39, 0.29) is 28.6 Å². The first-order chi connectivity index (χ1) is 14.6. The molecule has 0 aliphatic carbocycles. The number of ether oxygens (including phenoxy) is 2. The zero-order valence-corrected chi connectivity index (χ0v) is 19.2. The number of carbonyl (C=O) groups excluding carboxylic acids is 1. The molecule has 0 spiro atoms. The normalized spacial score (nSPS) is 23.1. The third kappa shape index (κ3) is 4.64. The highest BCUT2D eigenvalue weighted by Crippen LogP contribution is 2.41. The minimum atomic E-state index is -4.19. The van der Waals surface area contributed by atoms with Crippen molar-refractivity contribution >= 4 is 37.6 Å². The second-order valence-electron chi connectivity index (χ2n) is 7.24. The topological polar surface area (TPSA) is 116 Å². The third-order valence-corrected chi connectivity index (χ3v) is 8.51. The van der Waals surface area contributed by atoms with Gasteiger partial charge >= 0.3 is 5.97 Å². The van der Waals surface area contributed by atoms with E-state index in [1.807, 2.05) is 30.3 Å². The molecule has 2 aromatic rings. The van der Waals surface area contributed by atoms with Gasteiger partial charge in [0.15, 0.2) is 0 Å². The summed E-state index contributed by atoms with van der Waals surface area (Å²) in [6, 6.07) is 12.7. The van der Waals surface area contributed by atoms with E-state index in [0.29, 0.717) is 0 Å². The first kappa shape index (κ1) is 23.3. The number of benzene rings is 2. The van der Waals surface area contributed by atoms with Gasteiger partial charge in [0.1, 0.15) is 6.04 Å². The Morgan fingerprint density at radius 2 is 1.87 bits per heavy atom. The van der Waals surface area contributed by atoms with Crippen LogP contribution in [0, 0.1) is 10.1 Å². The maximum absolute atomic E-state index is 13.4. The Bertz CT molecular complexity index is 1060. The summed E-state index contributed by atoms with van der Waals surface area (Å²) in [5, 5.41) is 10.9. The van der Waals surface area contributed by atoms with Crippen molar-refractivity contribution in [2.45, 2.75) is 28.3 Å². The Labute approximate surface area is 188 Å². The molecule has 0 radical (unpaired) electrons. The van der Waals surface area contributed by atoms with E-state index in [9.17, 15) is 23.3 Å². The average molecular weight is 513 g/mol. The standard InChI is InChI=1S/C20H21BrN2O7S/c1-20(18(21)14-6-4-3-5-7-14)13-22(17(12-30-20)19(24)29-2)31(27,28)16-10-8-15(9-11-16)23(25)26/h3-11,17-18H,12-13H2,1-2H3/t17-,18-,20+/m0/s1. The number of rotatable bonds is 6. The van der Waals surface area contributed by atoms with Gasteiger partial charge in [0.2, 0.25) is 10.0 Å². The van der Waals surface area contributed by atoms with Crippen LogP contribution in [0.25, 0.3) is 0 Å². The van der Waals surface area contributed by atoms with E-state index in [0.717, 1.165) is 34.1 Å². The average Bonchev–Trinajstić information content (AvgIpc) is 2.78. The molecule has 166 valence electrons. The van der Waals surface area contributed by atoms with Crippen molar-refractivity contribution in [3.8, 4) is 0 Å². The number of morpholine rings is 1. The number of esters is 1. The summed E-state index contributed by atoms with van der Waals surface area (Å²) in [5.74, 6) is -0.752. The Balaban J connectivity index is 1.99. The van der Waals surface area contributed by atoms with Gasteiger partial charge in [0, 0.05) is 18.7 Å². The van der Waals surface area contributed by atoms with Gasteiger partial charge in [-0.15, -0.1) is 0 Å². The summed E-state index contributed by atoms with van der Waals surface area (Å²) >= 11 is 3.62. The van der Waals surface area contributed by atoms with Gasteiger partial charge in [0.05, 0.1) is 34.0 Å². The summed E-state index contributed by atoms with van der Waals surface area (Å²) in [4.78, 5) is 22.1. The largest absolute Gasteiger partial charge is 0.468 e. The lowest BCUT2D eigenvalue weighted by Crippen LogP contribution is -2.61. The van der Waals surface area contributed by atoms with Crippen LogP contribution in [-0.4, -0.2) is 55.5 Å². The molecule has 0 aromatic heterocycles. The van der Waals surface area contributed by atoms with Gasteiger partial charge in [-0.2, -0.15) is 4.31 Å². The van der Waals surface area contributed by atoms with Crippen molar-refractivity contribution in [2.75, 3.05) is 20.3 Å². The monoisotopic (exact) mass is 512 g/mol. The Hall–Kier alpha value is -2.34. The summed E-state index contributed by atoms with van der Waals surface area (Å²) in [6.45, 7) is 1.41. The van der Waals surface area contributed by atoms with E-state index >= 15 is 0 Å². The molecule has 3 rings (SSSR count). The van der Waals surface area contributed by atoms with E-state index < -0.39 is 32.6 Å². The second kappa shape index (κ2) is 9.03. The van der Waals surface area contributed by atoms with Crippen molar-refractivity contribution in [1.29, 1.82) is 0 Å². The maximum Gasteiger partial charge on any atom is 0.326 e. The van der Waals surface area contributed by atoms with Crippen molar-refractivity contribution in [1.82, 2.24) is 4.31 Å². The number of halogens is 1. The Morgan fingerprint density at radius 1 is 1.26 bits per heavy atom. The molecule has 1 saturated heterocycles. The number of hydrogen-bond acceptors (Lipinski definition) is 7. The van der Waals surface area contributed by atoms with Gasteiger partial charge in [-0.25, -0.2) is 8.42 Å². The van der Waals surface area contributed by atoms with E-state index in [2.05, 4.69) is 15.9 Å². The van der Waals surface area contributed by atoms with Crippen LogP contribution in [-0.2, 0) is 24.3 Å². The highest BCUT2D eigenvalue weighted by Gasteiger charge is 2.49. The molecule has 1 aliphatic rings. The van der Waals surface area contributed by atoms with E-state index in [1.165, 1.54) is 7.11 Å². The minimum Gasteiger partial charge on any atom is -0.468 e. The lowest BCUT2D eigenvalue weighted by atomic mass is 9.94. The number of non-ortho nitro benzene ring substituents is 1. The number of nitrogens with zero attached hydrogens (tertiary/aromatic N) is 2. The van der Waals surface area contributed by atoms with Crippen LogP contribution >= 0.6 is 15.9 Å². The molecule has 31 heavy (non-hydrogen) atoms. The van der Waals surface area contributed by atoms with Crippen molar-refractivity contribution in [3.63, 3.8) is 0 Å². The zero-order valence-electron chi connectivity index (χ0n) is 16.8. The molecular weight excluding hydrogens is 492 g/mol. The fourth-order valence-electron chi connectivity index (χ4n) is 3.39. The van der Waals surface area contributed by atoms with Crippen molar-refractivity contribution < 1.29 is 27.6 Å². The predicted octanol–water partition coefficient (Wildman–Crippen LogP) is 3.05. The van der Waals surface area contributed by atoms with Crippen LogP contribution in [0.3, 0.4) is 0 Å². The van der Waals surface area contributed by atoms with Crippen molar-refractivity contribution in [2.24, 2.45) is 0 Å². The van der Waals surface area contributed by atoms with Gasteiger partial charge in [-0.1, -0.05) is 46.3 Å². The number of nitro groups is 1. The summed E-state index contributed by atoms with van der Waals surface area (Å²) in [5.41, 5.74) is -0.353. The lowest BCUT2D eigenvalue weighted by Gasteiger charge is -2.45. The first-order valence-electron chi connectivity index (χ1n) is 9.27. The number of hydrogen-bond donors (Lipinski definition) is 0. The van der Waals surface area contributed by atoms with Crippen LogP contribution in [0.2, 0.25) is 0 Å². The molecule has 2 aromatic carbocycles. The van der Waals surface area contributed by atoms with E-state index in [1.54, 1.807) is 6.92 Å². The Kier molecular flexibility index (Phi) is 6.79. The number of alkyl halides is 1. The van der Waals surface area contributed by atoms with Crippen LogP contribution in [0.4, 0.5) is 5.69 Å². The predicted molar refractivity (Wildman–Crippen MR) is 115 cm³/mol. The number of methoxy groups -OCH3 is 1. The molecule has 0 bridgehead atoms. The third-order valence-electron chi connectivity index (χ3n) is 5.14. The number of sulfonamides is 1. The van der Waals surface area contributed by atoms with Gasteiger partial charge < -0.3 is 9.47 Å². The van der Waals surface area contributed by atoms with Crippen LogP contribution in [0.15, 0.2) is 59.5 Å². The summed E-state index contributed by atoms with van der Waals surface area (Å²) in [6.07, 6.45) is 0. The van der Waals surface area contributed by atoms with Crippen LogP contribution < -0.4 is 0 Å². The zero-order chi connectivity index (χ0) is 22.8. The Morgan fingerprint density at radius 3 is 2.42 bits per heavy atom. The van der Waals surface area contributed by atoms with Gasteiger partial charge in [-0.3, -0.25) is 14.9 Å². The molecule has 1 aliphatic heterocycles. The van der Waals surface area contributed by atoms with Gasteiger partial charge in [-0.05, 0) is 24.6 Å².